The number of benzene rings is 9. The van der Waals surface area contributed by atoms with Crippen molar-refractivity contribution in [3.63, 3.8) is 0 Å². The van der Waals surface area contributed by atoms with Crippen molar-refractivity contribution in [2.75, 3.05) is 0 Å². The standard InChI is InChI=1S/C57H34N4/c58-35-36-12-26-54-50(30-36)51-34-41(21-27-55(51)61(54)45-8-2-1-3-9-45)37-13-15-38(16-14-37)46-22-17-39-20-25-49-47(23-18-40-19-24-48(46)56(39)57(40)49)42-31-43(52-10-4-6-28-59-52)33-44(32-42)53-11-5-7-29-60-53/h1-34H. The van der Waals surface area contributed by atoms with Gasteiger partial charge >= 0.3 is 0 Å². The lowest BCUT2D eigenvalue weighted by Crippen LogP contribution is -1.93. The maximum Gasteiger partial charge on any atom is 0.0991 e. The number of nitrogens with zero attached hydrogens (tertiary/aromatic N) is 4. The van der Waals surface area contributed by atoms with Crippen molar-refractivity contribution in [2.45, 2.75) is 0 Å². The first-order valence-corrected chi connectivity index (χ1v) is 20.5. The molecule has 0 fully saturated rings. The maximum atomic E-state index is 9.78. The molecule has 0 unspecified atom stereocenters. The van der Waals surface area contributed by atoms with Crippen LogP contribution in [-0.4, -0.2) is 14.5 Å². The van der Waals surface area contributed by atoms with Crippen molar-refractivity contribution in [3.05, 3.63) is 212 Å². The summed E-state index contributed by atoms with van der Waals surface area (Å²) in [6, 6.07) is 71.4. The second kappa shape index (κ2) is 13.9. The molecule has 4 nitrogen and oxygen atoms in total. The summed E-state index contributed by atoms with van der Waals surface area (Å²) in [5, 5.41) is 19.4. The molecule has 0 bridgehead atoms. The fourth-order valence-electron chi connectivity index (χ4n) is 9.42. The van der Waals surface area contributed by atoms with E-state index < -0.39 is 0 Å². The molecule has 0 atom stereocenters. The average Bonchev–Trinajstić information content (AvgIpc) is 3.66. The Morgan fingerprint density at radius 2 is 0.902 bits per heavy atom. The van der Waals surface area contributed by atoms with Crippen LogP contribution >= 0.6 is 0 Å². The summed E-state index contributed by atoms with van der Waals surface area (Å²) in [4.78, 5) is 9.44. The molecule has 12 aromatic rings. The third-order valence-electron chi connectivity index (χ3n) is 12.3. The van der Waals surface area contributed by atoms with E-state index in [9.17, 15) is 5.26 Å². The minimum absolute atomic E-state index is 0.656. The zero-order valence-corrected chi connectivity index (χ0v) is 32.9. The first-order chi connectivity index (χ1) is 30.2. The molecule has 0 aliphatic carbocycles. The van der Waals surface area contributed by atoms with Gasteiger partial charge in [0, 0.05) is 40.0 Å². The molecule has 0 spiro atoms. The largest absolute Gasteiger partial charge is 0.309 e. The van der Waals surface area contributed by atoms with E-state index in [1.165, 1.54) is 49.0 Å². The summed E-state index contributed by atoms with van der Waals surface area (Å²) < 4.78 is 2.29. The van der Waals surface area contributed by atoms with Crippen molar-refractivity contribution in [1.82, 2.24) is 14.5 Å². The number of rotatable bonds is 6. The number of aromatic nitrogens is 3. The molecule has 0 amide bonds. The minimum atomic E-state index is 0.656. The molecule has 0 saturated carbocycles. The predicted octanol–water partition coefficient (Wildman–Crippen LogP) is 14.7. The van der Waals surface area contributed by atoms with E-state index >= 15 is 0 Å². The van der Waals surface area contributed by atoms with Crippen molar-refractivity contribution in [3.8, 4) is 67.7 Å². The van der Waals surface area contributed by atoms with Crippen LogP contribution in [0.4, 0.5) is 0 Å². The zero-order valence-electron chi connectivity index (χ0n) is 32.9. The van der Waals surface area contributed by atoms with Crippen LogP contribution in [-0.2, 0) is 0 Å². The molecule has 9 aromatic carbocycles. The van der Waals surface area contributed by atoms with Crippen LogP contribution < -0.4 is 0 Å². The van der Waals surface area contributed by atoms with E-state index in [4.69, 9.17) is 9.97 Å². The van der Waals surface area contributed by atoms with Gasteiger partial charge in [-0.3, -0.25) is 9.97 Å². The Balaban J connectivity index is 0.969. The fraction of sp³-hybridized carbons (Fsp3) is 0. The Morgan fingerprint density at radius 1 is 0.377 bits per heavy atom. The Labute approximate surface area is 352 Å². The minimum Gasteiger partial charge on any atom is -0.309 e. The summed E-state index contributed by atoms with van der Waals surface area (Å²) in [7, 11) is 0. The first kappa shape index (κ1) is 34.6. The normalized spacial score (nSPS) is 11.6. The van der Waals surface area contributed by atoms with Crippen LogP contribution in [0.15, 0.2) is 207 Å². The zero-order chi connectivity index (χ0) is 40.4. The molecule has 3 aromatic heterocycles. The highest BCUT2D eigenvalue weighted by atomic mass is 15.0. The van der Waals surface area contributed by atoms with E-state index in [1.54, 1.807) is 0 Å². The number of nitriles is 1. The summed E-state index contributed by atoms with van der Waals surface area (Å²) >= 11 is 0. The highest BCUT2D eigenvalue weighted by molar-refractivity contribution is 6.27. The molecular formula is C57H34N4. The van der Waals surface area contributed by atoms with E-state index in [1.807, 2.05) is 54.9 Å². The van der Waals surface area contributed by atoms with Gasteiger partial charge in [-0.1, -0.05) is 109 Å². The van der Waals surface area contributed by atoms with Crippen molar-refractivity contribution < 1.29 is 0 Å². The molecule has 0 saturated heterocycles. The number of pyridine rings is 2. The molecule has 0 aliphatic heterocycles. The topological polar surface area (TPSA) is 54.5 Å². The second-order valence-corrected chi connectivity index (χ2v) is 15.7. The van der Waals surface area contributed by atoms with Gasteiger partial charge in [-0.25, -0.2) is 0 Å². The van der Waals surface area contributed by atoms with Crippen LogP contribution in [0.1, 0.15) is 5.56 Å². The van der Waals surface area contributed by atoms with Crippen molar-refractivity contribution >= 4 is 54.1 Å². The first-order valence-electron chi connectivity index (χ1n) is 20.5. The average molecular weight is 775 g/mol. The van der Waals surface area contributed by atoms with Gasteiger partial charge in [0.1, 0.15) is 0 Å². The smallest absolute Gasteiger partial charge is 0.0991 e. The van der Waals surface area contributed by atoms with Crippen molar-refractivity contribution in [2.24, 2.45) is 0 Å². The van der Waals surface area contributed by atoms with Gasteiger partial charge in [-0.05, 0) is 151 Å². The molecule has 4 heteroatoms. The predicted molar refractivity (Wildman–Crippen MR) is 252 cm³/mol. The molecule has 12 rings (SSSR count). The Kier molecular flexibility index (Phi) is 7.88. The Morgan fingerprint density at radius 3 is 1.51 bits per heavy atom. The number of para-hydroxylation sites is 1. The number of hydrogen-bond donors (Lipinski definition) is 0. The van der Waals surface area contributed by atoms with Crippen LogP contribution in [0.3, 0.4) is 0 Å². The Hall–Kier alpha value is -8.39. The third-order valence-corrected chi connectivity index (χ3v) is 12.3. The van der Waals surface area contributed by atoms with Crippen LogP contribution in [0, 0.1) is 11.3 Å². The molecule has 0 radical (unpaired) electrons. The molecule has 0 aliphatic rings. The van der Waals surface area contributed by atoms with Gasteiger partial charge in [-0.2, -0.15) is 5.26 Å². The van der Waals surface area contributed by atoms with Gasteiger partial charge < -0.3 is 4.57 Å². The lowest BCUT2D eigenvalue weighted by atomic mass is 9.86. The molecule has 0 N–H and O–H groups in total. The van der Waals surface area contributed by atoms with Gasteiger partial charge in [0.25, 0.3) is 0 Å². The van der Waals surface area contributed by atoms with E-state index in [0.29, 0.717) is 5.56 Å². The summed E-state index contributed by atoms with van der Waals surface area (Å²) in [6.45, 7) is 0. The molecule has 282 valence electrons. The van der Waals surface area contributed by atoms with E-state index in [-0.39, 0.29) is 0 Å². The quantitative estimate of drug-likeness (QED) is 0.158. The van der Waals surface area contributed by atoms with Gasteiger partial charge in [0.2, 0.25) is 0 Å². The third kappa shape index (κ3) is 5.67. The van der Waals surface area contributed by atoms with Gasteiger partial charge in [0.15, 0.2) is 0 Å². The van der Waals surface area contributed by atoms with E-state index in [0.717, 1.165) is 66.7 Å². The fourth-order valence-corrected chi connectivity index (χ4v) is 9.42. The lowest BCUT2D eigenvalue weighted by Gasteiger charge is -2.17. The lowest BCUT2D eigenvalue weighted by molar-refractivity contribution is 1.18. The summed E-state index contributed by atoms with van der Waals surface area (Å²) in [5.41, 5.74) is 14.9. The summed E-state index contributed by atoms with van der Waals surface area (Å²) in [6.07, 6.45) is 3.70. The van der Waals surface area contributed by atoms with Crippen molar-refractivity contribution in [1.29, 1.82) is 5.26 Å². The SMILES string of the molecule is N#Cc1ccc2c(c1)c1cc(-c3ccc(-c4ccc5ccc6c(-c7cc(-c8ccccn8)cc(-c8ccccn8)c7)ccc7ccc4c5c76)cc3)ccc1n2-c1ccccc1. The second-order valence-electron chi connectivity index (χ2n) is 15.7. The Bertz CT molecular complexity index is 3620. The number of fused-ring (bicyclic) bond motifs is 3. The van der Waals surface area contributed by atoms with Gasteiger partial charge in [-0.15, -0.1) is 0 Å². The summed E-state index contributed by atoms with van der Waals surface area (Å²) in [5.74, 6) is 0. The van der Waals surface area contributed by atoms with E-state index in [2.05, 4.69) is 162 Å². The monoisotopic (exact) mass is 774 g/mol. The highest BCUT2D eigenvalue weighted by Gasteiger charge is 2.18. The molecule has 61 heavy (non-hydrogen) atoms. The van der Waals surface area contributed by atoms with Gasteiger partial charge in [0.05, 0.1) is 34.1 Å². The highest BCUT2D eigenvalue weighted by Crippen LogP contribution is 2.44. The van der Waals surface area contributed by atoms with Crippen LogP contribution in [0.2, 0.25) is 0 Å². The molecule has 3 heterocycles. The maximum absolute atomic E-state index is 9.78. The molecular weight excluding hydrogens is 741 g/mol. The number of hydrogen-bond acceptors (Lipinski definition) is 3. The van der Waals surface area contributed by atoms with Crippen LogP contribution in [0.25, 0.3) is 116 Å². The van der Waals surface area contributed by atoms with Crippen LogP contribution in [0.5, 0.6) is 0 Å².